The molecule has 178 valence electrons. The zero-order chi connectivity index (χ0) is 24.9. The van der Waals surface area contributed by atoms with E-state index in [1.54, 1.807) is 12.1 Å². The number of methoxy groups -OCH3 is 1. The maximum atomic E-state index is 14.4. The number of benzene rings is 3. The van der Waals surface area contributed by atoms with Crippen molar-refractivity contribution in [1.29, 1.82) is 0 Å². The normalized spacial score (nSPS) is 11.3. The molecule has 3 aromatic carbocycles. The number of carbonyl (C=O) groups excluding carboxylic acids is 2. The SMILES string of the molecule is COC(=O)c1ccccc1NC(=O)CN(Cc1c(F)cccc1Cl)S(=O)(=O)c1ccc(Cl)cc1. The van der Waals surface area contributed by atoms with Crippen molar-refractivity contribution < 1.29 is 27.1 Å². The number of nitrogens with one attached hydrogen (secondary N) is 1. The van der Waals surface area contributed by atoms with E-state index in [4.69, 9.17) is 27.9 Å². The van der Waals surface area contributed by atoms with Crippen molar-refractivity contribution in [1.82, 2.24) is 4.31 Å². The number of rotatable bonds is 8. The molecule has 1 amide bonds. The third-order valence-electron chi connectivity index (χ3n) is 4.77. The minimum absolute atomic E-state index is 0.00718. The predicted octanol–water partition coefficient (Wildman–Crippen LogP) is 4.75. The highest BCUT2D eigenvalue weighted by Crippen LogP contribution is 2.26. The van der Waals surface area contributed by atoms with E-state index in [-0.39, 0.29) is 26.7 Å². The Balaban J connectivity index is 1.95. The van der Waals surface area contributed by atoms with Crippen LogP contribution >= 0.6 is 23.2 Å². The Labute approximate surface area is 206 Å². The second-order valence-electron chi connectivity index (χ2n) is 7.01. The molecule has 1 N–H and O–H groups in total. The van der Waals surface area contributed by atoms with E-state index in [0.717, 1.165) is 10.4 Å². The van der Waals surface area contributed by atoms with E-state index in [1.807, 2.05) is 0 Å². The van der Waals surface area contributed by atoms with Gasteiger partial charge in [0.05, 0.1) is 29.8 Å². The molecule has 0 radical (unpaired) electrons. The Morgan fingerprint density at radius 2 is 1.68 bits per heavy atom. The molecule has 0 aromatic heterocycles. The number of nitrogens with zero attached hydrogens (tertiary/aromatic N) is 1. The summed E-state index contributed by atoms with van der Waals surface area (Å²) in [6.45, 7) is -1.20. The number of halogens is 3. The highest BCUT2D eigenvalue weighted by Gasteiger charge is 2.29. The highest BCUT2D eigenvalue weighted by atomic mass is 35.5. The summed E-state index contributed by atoms with van der Waals surface area (Å²) in [5.41, 5.74) is 0.124. The van der Waals surface area contributed by atoms with Gasteiger partial charge in [-0.3, -0.25) is 4.79 Å². The third-order valence-corrected chi connectivity index (χ3v) is 7.19. The van der Waals surface area contributed by atoms with E-state index in [1.165, 1.54) is 55.6 Å². The molecule has 0 spiro atoms. The maximum Gasteiger partial charge on any atom is 0.339 e. The molecule has 7 nitrogen and oxygen atoms in total. The lowest BCUT2D eigenvalue weighted by Gasteiger charge is -2.23. The highest BCUT2D eigenvalue weighted by molar-refractivity contribution is 7.89. The number of sulfonamides is 1. The molecular formula is C23H19Cl2FN2O5S. The van der Waals surface area contributed by atoms with Crippen molar-refractivity contribution in [2.45, 2.75) is 11.4 Å². The van der Waals surface area contributed by atoms with Crippen LogP contribution in [0.25, 0.3) is 0 Å². The number of anilines is 1. The molecule has 0 aliphatic heterocycles. The molecule has 3 rings (SSSR count). The van der Waals surface area contributed by atoms with E-state index in [2.05, 4.69) is 5.32 Å². The van der Waals surface area contributed by atoms with Gasteiger partial charge in [0.1, 0.15) is 5.82 Å². The van der Waals surface area contributed by atoms with Crippen molar-refractivity contribution in [3.05, 3.63) is 93.7 Å². The van der Waals surface area contributed by atoms with E-state index >= 15 is 0 Å². The van der Waals surface area contributed by atoms with Gasteiger partial charge in [0.15, 0.2) is 0 Å². The van der Waals surface area contributed by atoms with Gasteiger partial charge in [0.25, 0.3) is 0 Å². The predicted molar refractivity (Wildman–Crippen MR) is 127 cm³/mol. The van der Waals surface area contributed by atoms with Gasteiger partial charge in [-0.05, 0) is 48.5 Å². The first-order chi connectivity index (χ1) is 16.1. The molecule has 0 aliphatic carbocycles. The second-order valence-corrected chi connectivity index (χ2v) is 9.79. The van der Waals surface area contributed by atoms with Crippen LogP contribution in [0.2, 0.25) is 10.0 Å². The summed E-state index contributed by atoms with van der Waals surface area (Å²) in [6, 6.07) is 15.3. The fourth-order valence-electron chi connectivity index (χ4n) is 3.07. The molecule has 0 aliphatic rings. The first-order valence-corrected chi connectivity index (χ1v) is 12.0. The molecular weight excluding hydrogens is 506 g/mol. The molecule has 34 heavy (non-hydrogen) atoms. The number of ether oxygens (including phenoxy) is 1. The van der Waals surface area contributed by atoms with Crippen LogP contribution < -0.4 is 5.32 Å². The average molecular weight is 525 g/mol. The van der Waals surface area contributed by atoms with Crippen LogP contribution in [0.1, 0.15) is 15.9 Å². The molecule has 0 bridgehead atoms. The summed E-state index contributed by atoms with van der Waals surface area (Å²) < 4.78 is 46.6. The average Bonchev–Trinajstić information content (AvgIpc) is 2.80. The van der Waals surface area contributed by atoms with Crippen molar-refractivity contribution in [2.24, 2.45) is 0 Å². The zero-order valence-electron chi connectivity index (χ0n) is 17.8. The standard InChI is InChI=1S/C23H19Cl2FN2O5S/c1-33-23(30)17-5-2-3-8-21(17)27-22(29)14-28(13-18-19(25)6-4-7-20(18)26)34(31,32)16-11-9-15(24)10-12-16/h2-12H,13-14H2,1H3,(H,27,29). The summed E-state index contributed by atoms with van der Waals surface area (Å²) in [5.74, 6) is -2.17. The Bertz CT molecular complexity index is 1300. The number of para-hydroxylation sites is 1. The lowest BCUT2D eigenvalue weighted by Crippen LogP contribution is -2.38. The minimum atomic E-state index is -4.27. The van der Waals surface area contributed by atoms with Crippen molar-refractivity contribution >= 4 is 50.8 Å². The van der Waals surface area contributed by atoms with Gasteiger partial charge in [-0.2, -0.15) is 4.31 Å². The zero-order valence-corrected chi connectivity index (χ0v) is 20.1. The lowest BCUT2D eigenvalue weighted by molar-refractivity contribution is -0.116. The minimum Gasteiger partial charge on any atom is -0.465 e. The number of carbonyl (C=O) groups is 2. The lowest BCUT2D eigenvalue weighted by atomic mass is 10.2. The van der Waals surface area contributed by atoms with Crippen LogP contribution in [-0.4, -0.2) is 38.3 Å². The van der Waals surface area contributed by atoms with E-state index < -0.39 is 40.8 Å². The van der Waals surface area contributed by atoms with Crippen molar-refractivity contribution in [3.63, 3.8) is 0 Å². The van der Waals surface area contributed by atoms with Crippen LogP contribution in [0.15, 0.2) is 71.6 Å². The Hall–Kier alpha value is -2.98. The van der Waals surface area contributed by atoms with Crippen LogP contribution in [0.5, 0.6) is 0 Å². The molecule has 0 saturated carbocycles. The van der Waals surface area contributed by atoms with Crippen molar-refractivity contribution in [3.8, 4) is 0 Å². The van der Waals surface area contributed by atoms with Crippen LogP contribution in [-0.2, 0) is 26.1 Å². The summed E-state index contributed by atoms with van der Waals surface area (Å²) in [4.78, 5) is 24.7. The summed E-state index contributed by atoms with van der Waals surface area (Å²) in [5, 5.41) is 2.84. The summed E-state index contributed by atoms with van der Waals surface area (Å²) in [6.07, 6.45) is 0. The Morgan fingerprint density at radius 3 is 2.32 bits per heavy atom. The number of hydrogen-bond donors (Lipinski definition) is 1. The largest absolute Gasteiger partial charge is 0.465 e. The van der Waals surface area contributed by atoms with Crippen molar-refractivity contribution in [2.75, 3.05) is 19.0 Å². The van der Waals surface area contributed by atoms with E-state index in [0.29, 0.717) is 5.02 Å². The topological polar surface area (TPSA) is 92.8 Å². The molecule has 0 heterocycles. The smallest absolute Gasteiger partial charge is 0.339 e. The van der Waals surface area contributed by atoms with Gasteiger partial charge in [0.2, 0.25) is 15.9 Å². The van der Waals surface area contributed by atoms with Crippen LogP contribution in [0.3, 0.4) is 0 Å². The molecule has 0 saturated heterocycles. The molecule has 0 fully saturated rings. The first-order valence-electron chi connectivity index (χ1n) is 9.79. The molecule has 11 heteroatoms. The first kappa shape index (κ1) is 25.6. The Morgan fingerprint density at radius 1 is 1.00 bits per heavy atom. The number of esters is 1. The molecule has 0 unspecified atom stereocenters. The third kappa shape index (κ3) is 5.92. The van der Waals surface area contributed by atoms with Crippen LogP contribution in [0, 0.1) is 5.82 Å². The monoisotopic (exact) mass is 524 g/mol. The second kappa shape index (κ2) is 11.0. The molecule has 3 aromatic rings. The van der Waals surface area contributed by atoms with Gasteiger partial charge in [-0.1, -0.05) is 41.4 Å². The number of amides is 1. The number of hydrogen-bond acceptors (Lipinski definition) is 5. The van der Waals surface area contributed by atoms with Gasteiger partial charge in [-0.25, -0.2) is 17.6 Å². The van der Waals surface area contributed by atoms with Gasteiger partial charge in [-0.15, -0.1) is 0 Å². The van der Waals surface area contributed by atoms with Crippen LogP contribution in [0.4, 0.5) is 10.1 Å². The van der Waals surface area contributed by atoms with Gasteiger partial charge >= 0.3 is 5.97 Å². The molecule has 0 atom stereocenters. The summed E-state index contributed by atoms with van der Waals surface area (Å²) >= 11 is 12.0. The quantitative estimate of drug-likeness (QED) is 0.429. The fraction of sp³-hybridized carbons (Fsp3) is 0.130. The Kier molecular flexibility index (Phi) is 8.27. The van der Waals surface area contributed by atoms with Gasteiger partial charge < -0.3 is 10.1 Å². The maximum absolute atomic E-state index is 14.4. The van der Waals surface area contributed by atoms with E-state index in [9.17, 15) is 22.4 Å². The summed E-state index contributed by atoms with van der Waals surface area (Å²) in [7, 11) is -3.08. The van der Waals surface area contributed by atoms with Gasteiger partial charge in [0, 0.05) is 22.2 Å². The fourth-order valence-corrected chi connectivity index (χ4v) is 4.78.